The van der Waals surface area contributed by atoms with E-state index in [4.69, 9.17) is 16.7 Å². The highest BCUT2D eigenvalue weighted by Crippen LogP contribution is 2.23. The average Bonchev–Trinajstić information content (AvgIpc) is 2.70. The molecule has 2 rings (SSSR count). The van der Waals surface area contributed by atoms with Gasteiger partial charge in [0.05, 0.1) is 0 Å². The number of aromatic carboxylic acids is 1. The Hall–Kier alpha value is -1.43. The first kappa shape index (κ1) is 13.6. The van der Waals surface area contributed by atoms with Gasteiger partial charge < -0.3 is 10.4 Å². The highest BCUT2D eigenvalue weighted by molar-refractivity contribution is 6.28. The van der Waals surface area contributed by atoms with Crippen molar-refractivity contribution in [2.45, 2.75) is 31.7 Å². The van der Waals surface area contributed by atoms with Crippen molar-refractivity contribution in [1.29, 1.82) is 0 Å². The van der Waals surface area contributed by atoms with Crippen LogP contribution in [0.3, 0.4) is 0 Å². The third-order valence-corrected chi connectivity index (χ3v) is 2.87. The van der Waals surface area contributed by atoms with Crippen LogP contribution in [0.5, 0.6) is 0 Å². The Kier molecular flexibility index (Phi) is 4.62. The predicted octanol–water partition coefficient (Wildman–Crippen LogP) is 2.34. The predicted molar refractivity (Wildman–Crippen MR) is 62.4 cm³/mol. The number of carbonyl (C=O) groups is 1. The quantitative estimate of drug-likeness (QED) is 0.817. The number of aromatic nitrogens is 2. The minimum Gasteiger partial charge on any atom is -0.477 e. The van der Waals surface area contributed by atoms with Gasteiger partial charge in [0, 0.05) is 12.2 Å². The summed E-state index contributed by atoms with van der Waals surface area (Å²) in [4.78, 5) is 18.5. The van der Waals surface area contributed by atoms with E-state index in [9.17, 15) is 4.79 Å². The molecule has 7 heteroatoms. The first-order chi connectivity index (χ1) is 7.66. The molecule has 1 fully saturated rings. The first-order valence-electron chi connectivity index (χ1n) is 5.19. The van der Waals surface area contributed by atoms with Crippen LogP contribution in [0.2, 0.25) is 5.28 Å². The number of hydrogen-bond donors (Lipinski definition) is 2. The lowest BCUT2D eigenvalue weighted by Gasteiger charge is -2.14. The maximum absolute atomic E-state index is 10.9. The second-order valence-corrected chi connectivity index (χ2v) is 4.17. The van der Waals surface area contributed by atoms with Crippen molar-refractivity contribution in [3.63, 3.8) is 0 Å². The van der Waals surface area contributed by atoms with Crippen LogP contribution in [0.15, 0.2) is 6.20 Å². The number of halogens is 2. The van der Waals surface area contributed by atoms with Crippen LogP contribution >= 0.6 is 11.6 Å². The molecule has 94 valence electrons. The van der Waals surface area contributed by atoms with E-state index in [2.05, 4.69) is 15.3 Å². The standard InChI is InChI=1S/C10H12ClN3O2.FH/c11-10-12-5-7(9(15)16)8(14-10)13-6-3-1-2-4-6;/h5-6H,1-4H2,(H,15,16)(H,12,13,14);1H. The van der Waals surface area contributed by atoms with Crippen LogP contribution in [-0.4, -0.2) is 27.1 Å². The molecule has 1 aliphatic rings. The maximum Gasteiger partial charge on any atom is 0.341 e. The highest BCUT2D eigenvalue weighted by Gasteiger charge is 2.19. The van der Waals surface area contributed by atoms with Gasteiger partial charge in [0.1, 0.15) is 11.4 Å². The molecule has 0 amide bonds. The Morgan fingerprint density at radius 3 is 2.71 bits per heavy atom. The normalized spacial score (nSPS) is 15.4. The highest BCUT2D eigenvalue weighted by atomic mass is 35.5. The van der Waals surface area contributed by atoms with E-state index in [0.717, 1.165) is 12.8 Å². The van der Waals surface area contributed by atoms with Crippen LogP contribution in [0.1, 0.15) is 36.0 Å². The number of anilines is 1. The fraction of sp³-hybridized carbons (Fsp3) is 0.500. The van der Waals surface area contributed by atoms with E-state index in [-0.39, 0.29) is 15.6 Å². The second-order valence-electron chi connectivity index (χ2n) is 3.83. The largest absolute Gasteiger partial charge is 0.477 e. The van der Waals surface area contributed by atoms with E-state index in [1.807, 2.05) is 0 Å². The SMILES string of the molecule is F.O=C(O)c1cnc(Cl)nc1NC1CCCC1. The molecule has 0 bridgehead atoms. The molecule has 5 nitrogen and oxygen atoms in total. The zero-order chi connectivity index (χ0) is 11.5. The molecule has 0 unspecified atom stereocenters. The Morgan fingerprint density at radius 2 is 2.12 bits per heavy atom. The van der Waals surface area contributed by atoms with Crippen molar-refractivity contribution < 1.29 is 14.6 Å². The fourth-order valence-corrected chi connectivity index (χ4v) is 2.02. The topological polar surface area (TPSA) is 75.1 Å². The van der Waals surface area contributed by atoms with Gasteiger partial charge in [-0.1, -0.05) is 12.8 Å². The van der Waals surface area contributed by atoms with Gasteiger partial charge in [-0.3, -0.25) is 4.70 Å². The van der Waals surface area contributed by atoms with Crippen molar-refractivity contribution in [1.82, 2.24) is 9.97 Å². The van der Waals surface area contributed by atoms with Crippen molar-refractivity contribution in [3.05, 3.63) is 17.0 Å². The van der Waals surface area contributed by atoms with E-state index in [1.54, 1.807) is 0 Å². The summed E-state index contributed by atoms with van der Waals surface area (Å²) >= 11 is 5.65. The Balaban J connectivity index is 0.00000144. The van der Waals surface area contributed by atoms with Gasteiger partial charge >= 0.3 is 5.97 Å². The zero-order valence-electron chi connectivity index (χ0n) is 9.02. The molecule has 0 radical (unpaired) electrons. The van der Waals surface area contributed by atoms with Gasteiger partial charge in [0.2, 0.25) is 5.28 Å². The minimum atomic E-state index is -1.04. The summed E-state index contributed by atoms with van der Waals surface area (Å²) in [6, 6.07) is 0.295. The summed E-state index contributed by atoms with van der Waals surface area (Å²) in [5.74, 6) is -0.725. The van der Waals surface area contributed by atoms with Crippen molar-refractivity contribution in [3.8, 4) is 0 Å². The summed E-state index contributed by atoms with van der Waals surface area (Å²) < 4.78 is 0. The third-order valence-electron chi connectivity index (χ3n) is 2.69. The lowest BCUT2D eigenvalue weighted by atomic mass is 10.2. The third kappa shape index (κ3) is 3.26. The molecule has 0 aliphatic heterocycles. The van der Waals surface area contributed by atoms with Gasteiger partial charge in [0.25, 0.3) is 0 Å². The maximum atomic E-state index is 10.9. The monoisotopic (exact) mass is 261 g/mol. The van der Waals surface area contributed by atoms with Gasteiger partial charge in [-0.05, 0) is 24.4 Å². The number of rotatable bonds is 3. The van der Waals surface area contributed by atoms with Crippen molar-refractivity contribution in [2.24, 2.45) is 0 Å². The summed E-state index contributed by atoms with van der Waals surface area (Å²) in [7, 11) is 0. The Labute approximate surface area is 103 Å². The number of hydrogen-bond acceptors (Lipinski definition) is 4. The van der Waals surface area contributed by atoms with Crippen molar-refractivity contribution in [2.75, 3.05) is 5.32 Å². The summed E-state index contributed by atoms with van der Waals surface area (Å²) in [5.41, 5.74) is 0.0660. The van der Waals surface area contributed by atoms with E-state index < -0.39 is 5.97 Å². The van der Waals surface area contributed by atoms with Gasteiger partial charge in [-0.25, -0.2) is 9.78 Å². The lowest BCUT2D eigenvalue weighted by Crippen LogP contribution is -2.18. The molecule has 1 aromatic heterocycles. The molecule has 0 aromatic carbocycles. The summed E-state index contributed by atoms with van der Waals surface area (Å²) in [6.45, 7) is 0. The smallest absolute Gasteiger partial charge is 0.341 e. The molecular formula is C10H13ClFN3O2. The molecule has 1 aliphatic carbocycles. The number of carboxylic acid groups (broad SMARTS) is 1. The molecule has 0 spiro atoms. The molecule has 1 aromatic rings. The molecule has 1 heterocycles. The summed E-state index contributed by atoms with van der Waals surface area (Å²) in [6.07, 6.45) is 5.65. The lowest BCUT2D eigenvalue weighted by molar-refractivity contribution is 0.0697. The Bertz CT molecular complexity index is 411. The molecule has 0 atom stereocenters. The van der Waals surface area contributed by atoms with Crippen LogP contribution in [0.4, 0.5) is 10.5 Å². The van der Waals surface area contributed by atoms with Gasteiger partial charge in [-0.2, -0.15) is 4.98 Å². The number of nitrogens with zero attached hydrogens (tertiary/aromatic N) is 2. The second kappa shape index (κ2) is 5.77. The van der Waals surface area contributed by atoms with Crippen LogP contribution < -0.4 is 5.32 Å². The van der Waals surface area contributed by atoms with Gasteiger partial charge in [-0.15, -0.1) is 0 Å². The Morgan fingerprint density at radius 1 is 1.47 bits per heavy atom. The van der Waals surface area contributed by atoms with Crippen LogP contribution in [0.25, 0.3) is 0 Å². The zero-order valence-corrected chi connectivity index (χ0v) is 9.78. The average molecular weight is 262 g/mol. The fourth-order valence-electron chi connectivity index (χ4n) is 1.89. The molecule has 1 saturated carbocycles. The van der Waals surface area contributed by atoms with Gasteiger partial charge in [0.15, 0.2) is 0 Å². The molecule has 17 heavy (non-hydrogen) atoms. The molecule has 2 N–H and O–H groups in total. The first-order valence-corrected chi connectivity index (χ1v) is 5.57. The van der Waals surface area contributed by atoms with Crippen LogP contribution in [-0.2, 0) is 0 Å². The minimum absolute atomic E-state index is 0. The number of carboxylic acids is 1. The summed E-state index contributed by atoms with van der Waals surface area (Å²) in [5, 5.41) is 12.1. The van der Waals surface area contributed by atoms with E-state index >= 15 is 0 Å². The van der Waals surface area contributed by atoms with E-state index in [1.165, 1.54) is 19.0 Å². The molecule has 0 saturated heterocycles. The molecular weight excluding hydrogens is 249 g/mol. The number of nitrogens with one attached hydrogen (secondary N) is 1. The van der Waals surface area contributed by atoms with Crippen LogP contribution in [0, 0.1) is 0 Å². The van der Waals surface area contributed by atoms with Crippen molar-refractivity contribution >= 4 is 23.4 Å². The van der Waals surface area contributed by atoms with E-state index in [0.29, 0.717) is 11.9 Å².